The first-order chi connectivity index (χ1) is 19.3. The normalized spacial score (nSPS) is 46.1. The number of H-pyrrole nitrogens is 1. The van der Waals surface area contributed by atoms with Gasteiger partial charge < -0.3 is 24.9 Å². The first kappa shape index (κ1) is 33.0. The second-order valence-corrected chi connectivity index (χ2v) is 15.3. The largest absolute Gasteiger partial charge is 1.00 e. The predicted octanol–water partition coefficient (Wildman–Crippen LogP) is -1.36. The maximum atomic E-state index is 13.0. The standard InChI is InChI=1S/C28H44N3O9P.Na/c1-27-10-7-16(13-15(27)3-4-17-18-5-6-21(32)28(18,2)11-8-19(17)27)30-41(37,38)39-14-20-23(34)24(35)25(40-20)31-12-9-22(33)29-26(31)36;/h9,12,15-21,23-25,32,34-35H,3-8,10-11,13-14H2,1-2H3,(H,29,33,36)(H2,30,37,38);/q;+1. The molecule has 2 heterocycles. The number of aliphatic hydroxyl groups is 3. The summed E-state index contributed by atoms with van der Waals surface area (Å²) in [5, 5.41) is 34.4. The van der Waals surface area contributed by atoms with E-state index in [4.69, 9.17) is 9.26 Å². The van der Waals surface area contributed by atoms with Crippen LogP contribution in [-0.4, -0.2) is 66.8 Å². The molecule has 6 N–H and O–H groups in total. The summed E-state index contributed by atoms with van der Waals surface area (Å²) in [6.45, 7) is 4.24. The number of fused-ring (bicyclic) bond motifs is 5. The van der Waals surface area contributed by atoms with E-state index in [1.165, 1.54) is 0 Å². The number of rotatable bonds is 6. The van der Waals surface area contributed by atoms with Crippen molar-refractivity contribution in [3.8, 4) is 0 Å². The third-order valence-corrected chi connectivity index (χ3v) is 13.0. The molecule has 6 rings (SSSR count). The molecular weight excluding hydrogens is 576 g/mol. The van der Waals surface area contributed by atoms with Crippen LogP contribution in [0.15, 0.2) is 21.9 Å². The number of aromatic nitrogens is 2. The first-order valence-electron chi connectivity index (χ1n) is 15.1. The maximum absolute atomic E-state index is 13.0. The van der Waals surface area contributed by atoms with Crippen LogP contribution in [0.4, 0.5) is 0 Å². The van der Waals surface area contributed by atoms with Crippen molar-refractivity contribution in [2.75, 3.05) is 6.61 Å². The fourth-order valence-electron chi connectivity index (χ4n) is 9.51. The molecule has 1 aliphatic heterocycles. The van der Waals surface area contributed by atoms with E-state index in [0.29, 0.717) is 23.7 Å². The SMILES string of the molecule is CC12CCC3C(CCC4CC(NP(=O)(O)OCC5OC(n6ccc(=O)[nH]c6=O)C(O)C5O)CCC43C)C1CCC2O.[Na+]. The van der Waals surface area contributed by atoms with E-state index in [2.05, 4.69) is 23.9 Å². The summed E-state index contributed by atoms with van der Waals surface area (Å²) in [5.41, 5.74) is -1.19. The molecule has 0 spiro atoms. The van der Waals surface area contributed by atoms with Crippen molar-refractivity contribution >= 4 is 7.75 Å². The van der Waals surface area contributed by atoms with Crippen molar-refractivity contribution in [3.63, 3.8) is 0 Å². The summed E-state index contributed by atoms with van der Waals surface area (Å²) in [4.78, 5) is 36.2. The maximum Gasteiger partial charge on any atom is 1.00 e. The summed E-state index contributed by atoms with van der Waals surface area (Å²) in [6, 6.07) is 0.904. The van der Waals surface area contributed by atoms with Crippen LogP contribution in [0.25, 0.3) is 0 Å². The van der Waals surface area contributed by atoms with Crippen LogP contribution in [0.1, 0.15) is 77.9 Å². The van der Waals surface area contributed by atoms with Crippen LogP contribution in [0.2, 0.25) is 0 Å². The molecule has 42 heavy (non-hydrogen) atoms. The Balaban J connectivity index is 0.00000353. The molecule has 0 aromatic carbocycles. The monoisotopic (exact) mass is 620 g/mol. The molecule has 4 aliphatic carbocycles. The van der Waals surface area contributed by atoms with Gasteiger partial charge in [-0.3, -0.25) is 18.9 Å². The topological polar surface area (TPSA) is 183 Å². The number of aliphatic hydroxyl groups excluding tert-OH is 3. The summed E-state index contributed by atoms with van der Waals surface area (Å²) < 4.78 is 24.9. The Morgan fingerprint density at radius 2 is 1.76 bits per heavy atom. The minimum atomic E-state index is -4.26. The summed E-state index contributed by atoms with van der Waals surface area (Å²) >= 11 is 0. The molecule has 1 aromatic heterocycles. The van der Waals surface area contributed by atoms with Crippen molar-refractivity contribution in [2.24, 2.45) is 34.5 Å². The molecule has 230 valence electrons. The average molecular weight is 621 g/mol. The van der Waals surface area contributed by atoms with Crippen LogP contribution in [0, 0.1) is 34.5 Å². The Labute approximate surface area is 267 Å². The van der Waals surface area contributed by atoms with Crippen LogP contribution in [0.5, 0.6) is 0 Å². The number of hydrogen-bond acceptors (Lipinski definition) is 8. The van der Waals surface area contributed by atoms with Gasteiger partial charge in [0.05, 0.1) is 12.7 Å². The quantitative estimate of drug-likeness (QED) is 0.164. The second-order valence-electron chi connectivity index (χ2n) is 13.8. The molecular formula is C28H44N3NaO9P+. The van der Waals surface area contributed by atoms with Crippen molar-refractivity contribution in [1.82, 2.24) is 14.6 Å². The minimum absolute atomic E-state index is 0. The zero-order valence-electron chi connectivity index (χ0n) is 24.7. The fraction of sp³-hybridized carbons (Fsp3) is 0.857. The van der Waals surface area contributed by atoms with E-state index in [0.717, 1.165) is 74.6 Å². The molecule has 5 aliphatic rings. The van der Waals surface area contributed by atoms with Crippen molar-refractivity contribution in [3.05, 3.63) is 33.1 Å². The van der Waals surface area contributed by atoms with Gasteiger partial charge in [-0.2, -0.15) is 0 Å². The molecule has 1 saturated heterocycles. The number of ether oxygens (including phenoxy) is 1. The van der Waals surface area contributed by atoms with Crippen LogP contribution in [-0.2, 0) is 13.8 Å². The van der Waals surface area contributed by atoms with Crippen molar-refractivity contribution in [1.29, 1.82) is 0 Å². The number of nitrogens with zero attached hydrogens (tertiary/aromatic N) is 1. The molecule has 12 nitrogen and oxygen atoms in total. The van der Waals surface area contributed by atoms with Crippen molar-refractivity contribution in [2.45, 2.75) is 108 Å². The van der Waals surface area contributed by atoms with Gasteiger partial charge >= 0.3 is 43.0 Å². The molecule has 13 unspecified atom stereocenters. The Bertz CT molecular complexity index is 1310. The van der Waals surface area contributed by atoms with Gasteiger partial charge in [0.25, 0.3) is 5.56 Å². The smallest absolute Gasteiger partial charge is 0.393 e. The van der Waals surface area contributed by atoms with Crippen LogP contribution in [0.3, 0.4) is 0 Å². The van der Waals surface area contributed by atoms with Gasteiger partial charge in [0.2, 0.25) is 0 Å². The van der Waals surface area contributed by atoms with E-state index < -0.39 is 50.1 Å². The Kier molecular flexibility index (Phi) is 9.51. The van der Waals surface area contributed by atoms with E-state index >= 15 is 0 Å². The third-order valence-electron chi connectivity index (χ3n) is 11.8. The van der Waals surface area contributed by atoms with Crippen LogP contribution >= 0.6 is 7.75 Å². The molecule has 0 amide bonds. The Hall–Kier alpha value is -0.370. The Morgan fingerprint density at radius 1 is 1.05 bits per heavy atom. The first-order valence-corrected chi connectivity index (χ1v) is 16.7. The number of hydrogen-bond donors (Lipinski definition) is 6. The van der Waals surface area contributed by atoms with E-state index in [1.54, 1.807) is 0 Å². The molecule has 0 radical (unpaired) electrons. The van der Waals surface area contributed by atoms with E-state index in [1.807, 2.05) is 0 Å². The van der Waals surface area contributed by atoms with Gasteiger partial charge in [-0.1, -0.05) is 13.8 Å². The fourth-order valence-corrected chi connectivity index (χ4v) is 10.6. The zero-order chi connectivity index (χ0) is 29.3. The van der Waals surface area contributed by atoms with Gasteiger partial charge in [-0.15, -0.1) is 0 Å². The molecule has 14 heteroatoms. The molecule has 5 fully saturated rings. The average Bonchev–Trinajstić information content (AvgIpc) is 3.37. The summed E-state index contributed by atoms with van der Waals surface area (Å²) in [7, 11) is -4.26. The predicted molar refractivity (Wildman–Crippen MR) is 148 cm³/mol. The summed E-state index contributed by atoms with van der Waals surface area (Å²) in [5.74, 6) is 2.30. The van der Waals surface area contributed by atoms with E-state index in [9.17, 15) is 34.4 Å². The number of aromatic amines is 1. The third kappa shape index (κ3) is 5.73. The zero-order valence-corrected chi connectivity index (χ0v) is 27.6. The van der Waals surface area contributed by atoms with Crippen molar-refractivity contribution < 1.29 is 63.6 Å². The van der Waals surface area contributed by atoms with E-state index in [-0.39, 0.29) is 52.5 Å². The van der Waals surface area contributed by atoms with Gasteiger partial charge in [0, 0.05) is 18.3 Å². The molecule has 0 bridgehead atoms. The van der Waals surface area contributed by atoms with Gasteiger partial charge in [-0.05, 0) is 92.3 Å². The van der Waals surface area contributed by atoms with Gasteiger partial charge in [0.1, 0.15) is 18.3 Å². The molecule has 1 aromatic rings. The minimum Gasteiger partial charge on any atom is -0.393 e. The second kappa shape index (κ2) is 12.1. The number of nitrogens with one attached hydrogen (secondary N) is 2. The molecule has 13 atom stereocenters. The van der Waals surface area contributed by atoms with Gasteiger partial charge in [0.15, 0.2) is 6.23 Å². The Morgan fingerprint density at radius 3 is 2.50 bits per heavy atom. The van der Waals surface area contributed by atoms with Crippen LogP contribution < -0.4 is 45.9 Å². The van der Waals surface area contributed by atoms with Gasteiger partial charge in [-0.25, -0.2) is 14.4 Å². The molecule has 4 saturated carbocycles. The summed E-state index contributed by atoms with van der Waals surface area (Å²) in [6.07, 6.45) is 4.54.